The molecule has 1 aromatic carbocycles. The van der Waals surface area contributed by atoms with Crippen molar-refractivity contribution in [3.8, 4) is 17.2 Å². The van der Waals surface area contributed by atoms with E-state index in [0.717, 1.165) is 5.75 Å². The van der Waals surface area contributed by atoms with Crippen LogP contribution >= 0.6 is 0 Å². The number of carbonyl (C=O) groups excluding carboxylic acids is 1. The van der Waals surface area contributed by atoms with Crippen LogP contribution in [0.3, 0.4) is 0 Å². The average Bonchev–Trinajstić information content (AvgIpc) is 3.15. The van der Waals surface area contributed by atoms with Crippen LogP contribution in [0, 0.1) is 0 Å². The van der Waals surface area contributed by atoms with E-state index in [1.54, 1.807) is 18.2 Å². The maximum atomic E-state index is 12.3. The first-order valence-corrected chi connectivity index (χ1v) is 7.89. The van der Waals surface area contributed by atoms with Gasteiger partial charge in [-0.25, -0.2) is 0 Å². The number of carbonyl (C=O) groups is 1. The largest absolute Gasteiger partial charge is 0.491 e. The Morgan fingerprint density at radius 2 is 1.96 bits per heavy atom. The zero-order chi connectivity index (χ0) is 17.6. The lowest BCUT2D eigenvalue weighted by atomic mass is 10.2. The fourth-order valence-electron chi connectivity index (χ4n) is 2.31. The zero-order valence-electron chi connectivity index (χ0n) is 13.7. The highest BCUT2D eigenvalue weighted by Crippen LogP contribution is 2.15. The second kappa shape index (κ2) is 7.53. The number of para-hydroxylation sites is 1. The SMILES string of the molecule is CC(COc1ccccc1)NC(=O)c1ccc(-c2ccco2)[nH]c1=O. The van der Waals surface area contributed by atoms with Crippen molar-refractivity contribution in [3.63, 3.8) is 0 Å². The molecule has 0 saturated carbocycles. The number of hydrogen-bond acceptors (Lipinski definition) is 4. The number of aromatic amines is 1. The van der Waals surface area contributed by atoms with Crippen LogP contribution in [0.4, 0.5) is 0 Å². The maximum absolute atomic E-state index is 12.3. The highest BCUT2D eigenvalue weighted by Gasteiger charge is 2.15. The van der Waals surface area contributed by atoms with E-state index in [4.69, 9.17) is 9.15 Å². The minimum Gasteiger partial charge on any atom is -0.491 e. The van der Waals surface area contributed by atoms with Crippen LogP contribution in [0.1, 0.15) is 17.3 Å². The predicted octanol–water partition coefficient (Wildman–Crippen LogP) is 2.83. The van der Waals surface area contributed by atoms with Crippen molar-refractivity contribution in [1.82, 2.24) is 10.3 Å². The fourth-order valence-corrected chi connectivity index (χ4v) is 2.31. The molecule has 6 nitrogen and oxygen atoms in total. The number of amides is 1. The summed E-state index contributed by atoms with van der Waals surface area (Å²) in [5.41, 5.74) is 0.0939. The van der Waals surface area contributed by atoms with E-state index in [-0.39, 0.29) is 11.6 Å². The van der Waals surface area contributed by atoms with Gasteiger partial charge in [-0.1, -0.05) is 18.2 Å². The maximum Gasteiger partial charge on any atom is 0.261 e. The molecule has 2 heterocycles. The summed E-state index contributed by atoms with van der Waals surface area (Å²) in [6.07, 6.45) is 1.52. The van der Waals surface area contributed by atoms with Crippen LogP contribution in [0.5, 0.6) is 5.75 Å². The summed E-state index contributed by atoms with van der Waals surface area (Å²) in [4.78, 5) is 27.1. The third-order valence-electron chi connectivity index (χ3n) is 3.56. The molecule has 0 spiro atoms. The summed E-state index contributed by atoms with van der Waals surface area (Å²) in [5.74, 6) is 0.814. The van der Waals surface area contributed by atoms with Crippen molar-refractivity contribution < 1.29 is 13.9 Å². The van der Waals surface area contributed by atoms with Gasteiger partial charge < -0.3 is 19.5 Å². The van der Waals surface area contributed by atoms with Crippen LogP contribution in [0.25, 0.3) is 11.5 Å². The number of ether oxygens (including phenoxy) is 1. The fraction of sp³-hybridized carbons (Fsp3) is 0.158. The molecule has 1 atom stereocenters. The molecule has 1 unspecified atom stereocenters. The Labute approximate surface area is 144 Å². The van der Waals surface area contributed by atoms with E-state index in [9.17, 15) is 9.59 Å². The Hall–Kier alpha value is -3.28. The van der Waals surface area contributed by atoms with Gasteiger partial charge >= 0.3 is 0 Å². The van der Waals surface area contributed by atoms with E-state index < -0.39 is 11.5 Å². The summed E-state index contributed by atoms with van der Waals surface area (Å²) < 4.78 is 10.8. The second-order valence-corrected chi connectivity index (χ2v) is 5.59. The first-order valence-electron chi connectivity index (χ1n) is 7.89. The Bertz CT molecular complexity index is 885. The summed E-state index contributed by atoms with van der Waals surface area (Å²) in [6, 6.07) is 15.7. The summed E-state index contributed by atoms with van der Waals surface area (Å²) >= 11 is 0. The van der Waals surface area contributed by atoms with E-state index in [0.29, 0.717) is 18.1 Å². The van der Waals surface area contributed by atoms with Gasteiger partial charge in [0.25, 0.3) is 11.5 Å². The zero-order valence-corrected chi connectivity index (χ0v) is 13.7. The van der Waals surface area contributed by atoms with Gasteiger partial charge in [-0.3, -0.25) is 9.59 Å². The molecule has 0 aliphatic heterocycles. The molecule has 2 aromatic heterocycles. The van der Waals surface area contributed by atoms with Crippen molar-refractivity contribution in [3.05, 3.63) is 76.8 Å². The van der Waals surface area contributed by atoms with Crippen LogP contribution in [-0.2, 0) is 0 Å². The third-order valence-corrected chi connectivity index (χ3v) is 3.56. The van der Waals surface area contributed by atoms with Gasteiger partial charge in [0.05, 0.1) is 18.0 Å². The average molecular weight is 338 g/mol. The summed E-state index contributed by atoms with van der Waals surface area (Å²) in [5, 5.41) is 2.75. The minimum atomic E-state index is -0.470. The molecule has 128 valence electrons. The van der Waals surface area contributed by atoms with Gasteiger partial charge in [-0.15, -0.1) is 0 Å². The minimum absolute atomic E-state index is 0.0434. The molecule has 25 heavy (non-hydrogen) atoms. The molecule has 6 heteroatoms. The van der Waals surface area contributed by atoms with E-state index >= 15 is 0 Å². The molecule has 0 aliphatic rings. The first kappa shape index (κ1) is 16.6. The molecule has 0 fully saturated rings. The molecule has 1 amide bonds. The van der Waals surface area contributed by atoms with E-state index in [1.165, 1.54) is 12.3 Å². The van der Waals surface area contributed by atoms with Crippen LogP contribution in [-0.4, -0.2) is 23.5 Å². The van der Waals surface area contributed by atoms with Crippen molar-refractivity contribution >= 4 is 5.91 Å². The lowest BCUT2D eigenvalue weighted by Crippen LogP contribution is -2.39. The van der Waals surface area contributed by atoms with Crippen molar-refractivity contribution in [1.29, 1.82) is 0 Å². The van der Waals surface area contributed by atoms with E-state index in [2.05, 4.69) is 10.3 Å². The van der Waals surface area contributed by atoms with Gasteiger partial charge in [0.2, 0.25) is 0 Å². The van der Waals surface area contributed by atoms with Crippen LogP contribution in [0.2, 0.25) is 0 Å². The molecule has 3 aromatic rings. The quantitative estimate of drug-likeness (QED) is 0.724. The van der Waals surface area contributed by atoms with Gasteiger partial charge in [0, 0.05) is 0 Å². The standard InChI is InChI=1S/C19H18N2O4/c1-13(12-25-14-6-3-2-4-7-14)20-18(22)15-9-10-16(21-19(15)23)17-8-5-11-24-17/h2-11,13H,12H2,1H3,(H,20,22)(H,21,23). The normalized spacial score (nSPS) is 11.7. The summed E-state index contributed by atoms with van der Waals surface area (Å²) in [7, 11) is 0. The molecular weight excluding hydrogens is 320 g/mol. The third kappa shape index (κ3) is 4.17. The molecule has 2 N–H and O–H groups in total. The number of H-pyrrole nitrogens is 1. The highest BCUT2D eigenvalue weighted by atomic mass is 16.5. The van der Waals surface area contributed by atoms with E-state index in [1.807, 2.05) is 37.3 Å². The predicted molar refractivity (Wildman–Crippen MR) is 93.6 cm³/mol. The molecule has 0 bridgehead atoms. The number of furan rings is 1. The topological polar surface area (TPSA) is 84.3 Å². The number of benzene rings is 1. The van der Waals surface area contributed by atoms with Gasteiger partial charge in [0.1, 0.15) is 23.7 Å². The highest BCUT2D eigenvalue weighted by molar-refractivity contribution is 5.94. The summed E-state index contributed by atoms with van der Waals surface area (Å²) in [6.45, 7) is 2.12. The van der Waals surface area contributed by atoms with Gasteiger partial charge in [-0.2, -0.15) is 0 Å². The molecular formula is C19H18N2O4. The first-order chi connectivity index (χ1) is 12.1. The molecule has 0 radical (unpaired) electrons. The number of aromatic nitrogens is 1. The van der Waals surface area contributed by atoms with Crippen molar-refractivity contribution in [2.45, 2.75) is 13.0 Å². The lowest BCUT2D eigenvalue weighted by molar-refractivity contribution is 0.0925. The monoisotopic (exact) mass is 338 g/mol. The number of rotatable bonds is 6. The van der Waals surface area contributed by atoms with Crippen LogP contribution in [0.15, 0.2) is 70.1 Å². The molecule has 3 rings (SSSR count). The Morgan fingerprint density at radius 3 is 2.64 bits per heavy atom. The Balaban J connectivity index is 1.62. The van der Waals surface area contributed by atoms with Gasteiger partial charge in [0.15, 0.2) is 0 Å². The molecule has 0 aliphatic carbocycles. The number of hydrogen-bond donors (Lipinski definition) is 2. The molecule has 0 saturated heterocycles. The van der Waals surface area contributed by atoms with Crippen molar-refractivity contribution in [2.24, 2.45) is 0 Å². The second-order valence-electron chi connectivity index (χ2n) is 5.59. The van der Waals surface area contributed by atoms with Crippen molar-refractivity contribution in [2.75, 3.05) is 6.61 Å². The van der Waals surface area contributed by atoms with Gasteiger partial charge in [-0.05, 0) is 43.3 Å². The Kier molecular flexibility index (Phi) is 4.99. The van der Waals surface area contributed by atoms with Crippen LogP contribution < -0.4 is 15.6 Å². The Morgan fingerprint density at radius 1 is 1.16 bits per heavy atom. The lowest BCUT2D eigenvalue weighted by Gasteiger charge is -2.15. The smallest absolute Gasteiger partial charge is 0.261 e. The number of pyridine rings is 1. The number of nitrogens with one attached hydrogen (secondary N) is 2.